The molecule has 0 amide bonds. The Bertz CT molecular complexity index is 637. The molecule has 0 saturated carbocycles. The van der Waals surface area contributed by atoms with Crippen LogP contribution in [0.25, 0.3) is 0 Å². The van der Waals surface area contributed by atoms with Crippen LogP contribution in [-0.2, 0) is 6.61 Å². The molecule has 3 rings (SSSR count). The van der Waals surface area contributed by atoms with E-state index in [4.69, 9.17) is 23.2 Å². The molecule has 1 N–H and O–H groups in total. The molecule has 0 spiro atoms. The number of aliphatic hydroxyl groups is 1. The quantitative estimate of drug-likeness (QED) is 0.841. The van der Waals surface area contributed by atoms with Crippen LogP contribution in [0.5, 0.6) is 0 Å². The van der Waals surface area contributed by atoms with Crippen LogP contribution < -0.4 is 0 Å². The lowest BCUT2D eigenvalue weighted by atomic mass is 9.78. The lowest BCUT2D eigenvalue weighted by molar-refractivity contribution is 0.281. The molecule has 0 aromatic heterocycles. The molecule has 0 bridgehead atoms. The van der Waals surface area contributed by atoms with Crippen LogP contribution in [0.15, 0.2) is 36.4 Å². The van der Waals surface area contributed by atoms with E-state index < -0.39 is 0 Å². The average Bonchev–Trinajstić information content (AvgIpc) is 2.49. The van der Waals surface area contributed by atoms with Crippen LogP contribution >= 0.6 is 23.2 Å². The third-order valence-corrected chi connectivity index (χ3v) is 4.51. The normalized spacial score (nSPS) is 17.9. The molecule has 2 aromatic rings. The molecule has 0 aliphatic heterocycles. The minimum absolute atomic E-state index is 0.0619. The fraction of sp³-hybridized carbons (Fsp3) is 0.235. The van der Waals surface area contributed by atoms with Crippen molar-refractivity contribution in [3.63, 3.8) is 0 Å². The second-order valence-electron chi connectivity index (χ2n) is 5.02. The number of hydrogen-bond acceptors (Lipinski definition) is 1. The Hall–Kier alpha value is -1.02. The first-order valence-corrected chi connectivity index (χ1v) is 7.37. The minimum Gasteiger partial charge on any atom is -0.392 e. The first-order chi connectivity index (χ1) is 9.69. The Morgan fingerprint density at radius 2 is 1.95 bits per heavy atom. The highest BCUT2D eigenvalue weighted by Crippen LogP contribution is 2.39. The molecule has 20 heavy (non-hydrogen) atoms. The molecule has 0 heterocycles. The third-order valence-electron chi connectivity index (χ3n) is 3.77. The van der Waals surface area contributed by atoms with E-state index >= 15 is 0 Å². The van der Waals surface area contributed by atoms with E-state index in [0.29, 0.717) is 16.0 Å². The molecule has 1 atom stereocenters. The third kappa shape index (κ3) is 2.58. The minimum atomic E-state index is 0.0619. The second-order valence-corrected chi connectivity index (χ2v) is 5.84. The summed E-state index contributed by atoms with van der Waals surface area (Å²) < 4.78 is 0. The van der Waals surface area contributed by atoms with Crippen LogP contribution in [-0.4, -0.2) is 5.11 Å². The van der Waals surface area contributed by atoms with E-state index in [2.05, 4.69) is 12.5 Å². The van der Waals surface area contributed by atoms with Crippen molar-refractivity contribution in [3.05, 3.63) is 75.1 Å². The fourth-order valence-electron chi connectivity index (χ4n) is 2.74. The van der Waals surface area contributed by atoms with Gasteiger partial charge in [-0.1, -0.05) is 47.5 Å². The highest BCUT2D eigenvalue weighted by Gasteiger charge is 2.22. The van der Waals surface area contributed by atoms with Gasteiger partial charge in [-0.05, 0) is 47.2 Å². The van der Waals surface area contributed by atoms with Gasteiger partial charge in [0.2, 0.25) is 0 Å². The van der Waals surface area contributed by atoms with E-state index in [9.17, 15) is 5.11 Å². The molecule has 2 radical (unpaired) electrons. The van der Waals surface area contributed by atoms with Crippen molar-refractivity contribution in [2.24, 2.45) is 0 Å². The molecule has 0 unspecified atom stereocenters. The zero-order valence-corrected chi connectivity index (χ0v) is 12.4. The van der Waals surface area contributed by atoms with Crippen molar-refractivity contribution in [1.29, 1.82) is 0 Å². The Labute approximate surface area is 129 Å². The maximum atomic E-state index is 9.23. The summed E-state index contributed by atoms with van der Waals surface area (Å²) in [6, 6.07) is 11.9. The van der Waals surface area contributed by atoms with E-state index in [-0.39, 0.29) is 6.61 Å². The van der Waals surface area contributed by atoms with E-state index in [1.807, 2.05) is 30.3 Å². The number of fused-ring (bicyclic) bond motifs is 1. The SMILES string of the molecule is OCc1ccc2c(c1)[C]CC[C@H]2c1ccc(Cl)c(Cl)c1. The zero-order valence-electron chi connectivity index (χ0n) is 10.9. The number of hydrogen-bond donors (Lipinski definition) is 1. The van der Waals surface area contributed by atoms with Gasteiger partial charge in [0.25, 0.3) is 0 Å². The summed E-state index contributed by atoms with van der Waals surface area (Å²) in [5.41, 5.74) is 4.44. The molecule has 1 aliphatic rings. The van der Waals surface area contributed by atoms with Gasteiger partial charge in [0.1, 0.15) is 0 Å². The highest BCUT2D eigenvalue weighted by molar-refractivity contribution is 6.42. The highest BCUT2D eigenvalue weighted by atomic mass is 35.5. The van der Waals surface area contributed by atoms with Crippen molar-refractivity contribution in [3.8, 4) is 0 Å². The molecular formula is C17H14Cl2O. The largest absolute Gasteiger partial charge is 0.392 e. The summed E-state index contributed by atoms with van der Waals surface area (Å²) >= 11 is 12.1. The Morgan fingerprint density at radius 1 is 1.10 bits per heavy atom. The average molecular weight is 305 g/mol. The number of aliphatic hydroxyl groups excluding tert-OH is 1. The first-order valence-electron chi connectivity index (χ1n) is 6.61. The standard InChI is InChI=1S/C17H14Cl2O/c18-16-7-5-13(9-17(16)19)14-3-1-2-12-8-11(10-20)4-6-15(12)14/h4-9,14,20H,1,3,10H2/t14-/m0/s1. The van der Waals surface area contributed by atoms with Crippen molar-refractivity contribution in [2.45, 2.75) is 25.4 Å². The van der Waals surface area contributed by atoms with Crippen LogP contribution in [0.4, 0.5) is 0 Å². The van der Waals surface area contributed by atoms with Crippen LogP contribution in [0.1, 0.15) is 41.0 Å². The molecule has 1 nitrogen and oxygen atoms in total. The smallest absolute Gasteiger partial charge is 0.0681 e. The monoisotopic (exact) mass is 304 g/mol. The van der Waals surface area contributed by atoms with E-state index in [0.717, 1.165) is 24.0 Å². The molecule has 2 aromatic carbocycles. The Kier molecular flexibility index (Phi) is 4.02. The Balaban J connectivity index is 2.02. The van der Waals surface area contributed by atoms with Gasteiger partial charge in [0.05, 0.1) is 16.7 Å². The van der Waals surface area contributed by atoms with Crippen molar-refractivity contribution >= 4 is 23.2 Å². The number of rotatable bonds is 2. The van der Waals surface area contributed by atoms with E-state index in [1.54, 1.807) is 0 Å². The van der Waals surface area contributed by atoms with Crippen LogP contribution in [0.3, 0.4) is 0 Å². The molecule has 3 heteroatoms. The molecular weight excluding hydrogens is 291 g/mol. The van der Waals surface area contributed by atoms with Gasteiger partial charge in [-0.3, -0.25) is 0 Å². The van der Waals surface area contributed by atoms with Crippen molar-refractivity contribution in [2.75, 3.05) is 0 Å². The second kappa shape index (κ2) is 5.77. The number of halogens is 2. The lowest BCUT2D eigenvalue weighted by Crippen LogP contribution is -2.10. The zero-order chi connectivity index (χ0) is 14.1. The first kappa shape index (κ1) is 13.9. The van der Waals surface area contributed by atoms with Gasteiger partial charge in [-0.25, -0.2) is 0 Å². The van der Waals surface area contributed by atoms with E-state index in [1.165, 1.54) is 11.1 Å². The predicted octanol–water partition coefficient (Wildman–Crippen LogP) is 4.84. The van der Waals surface area contributed by atoms with Gasteiger partial charge in [0, 0.05) is 12.3 Å². The summed E-state index contributed by atoms with van der Waals surface area (Å²) in [6.07, 6.45) is 5.32. The Morgan fingerprint density at radius 3 is 2.70 bits per heavy atom. The van der Waals surface area contributed by atoms with Gasteiger partial charge in [-0.15, -0.1) is 0 Å². The van der Waals surface area contributed by atoms with Crippen LogP contribution in [0, 0.1) is 6.42 Å². The summed E-state index contributed by atoms with van der Waals surface area (Å²) in [5.74, 6) is 0.314. The van der Waals surface area contributed by atoms with Crippen molar-refractivity contribution < 1.29 is 5.11 Å². The predicted molar refractivity (Wildman–Crippen MR) is 82.2 cm³/mol. The van der Waals surface area contributed by atoms with Gasteiger partial charge < -0.3 is 5.11 Å². The fourth-order valence-corrected chi connectivity index (χ4v) is 3.05. The van der Waals surface area contributed by atoms with Crippen LogP contribution in [0.2, 0.25) is 10.0 Å². The topological polar surface area (TPSA) is 20.2 Å². The van der Waals surface area contributed by atoms with Gasteiger partial charge in [0.15, 0.2) is 0 Å². The maximum Gasteiger partial charge on any atom is 0.0681 e. The van der Waals surface area contributed by atoms with Gasteiger partial charge in [-0.2, -0.15) is 0 Å². The summed E-state index contributed by atoms with van der Waals surface area (Å²) in [7, 11) is 0. The summed E-state index contributed by atoms with van der Waals surface area (Å²) in [5, 5.41) is 10.4. The molecule has 102 valence electrons. The summed E-state index contributed by atoms with van der Waals surface area (Å²) in [6.45, 7) is 0.0619. The molecule has 0 saturated heterocycles. The lowest BCUT2D eigenvalue weighted by Gasteiger charge is -2.26. The molecule has 1 aliphatic carbocycles. The summed E-state index contributed by atoms with van der Waals surface area (Å²) in [4.78, 5) is 0. The maximum absolute atomic E-state index is 9.23. The van der Waals surface area contributed by atoms with Gasteiger partial charge >= 0.3 is 0 Å². The molecule has 0 fully saturated rings. The number of benzene rings is 2. The van der Waals surface area contributed by atoms with Crippen molar-refractivity contribution in [1.82, 2.24) is 0 Å².